The minimum Gasteiger partial charge on any atom is -0.379 e. The first kappa shape index (κ1) is 18.6. The smallest absolute Gasteiger partial charge is 0.246 e. The highest BCUT2D eigenvalue weighted by Gasteiger charge is 2.33. The Kier molecular flexibility index (Phi) is 5.67. The topological polar surface area (TPSA) is 49.9 Å². The Bertz CT molecular complexity index is 716. The molecule has 2 fully saturated rings. The van der Waals surface area contributed by atoms with Crippen LogP contribution >= 0.6 is 0 Å². The van der Waals surface area contributed by atoms with Crippen molar-refractivity contribution in [2.45, 2.75) is 17.7 Å². The SMILES string of the molecule is O=S(=O)(c1ccc(F)c(F)c1F)N1CCC(CN2CCOCC2)CC1. The van der Waals surface area contributed by atoms with Crippen LogP contribution < -0.4 is 0 Å². The van der Waals surface area contributed by atoms with Gasteiger partial charge in [0.05, 0.1) is 13.2 Å². The van der Waals surface area contributed by atoms with Crippen molar-refractivity contribution in [1.82, 2.24) is 9.21 Å². The average Bonchev–Trinajstić information content (AvgIpc) is 2.61. The van der Waals surface area contributed by atoms with Crippen molar-refractivity contribution in [1.29, 1.82) is 0 Å². The summed E-state index contributed by atoms with van der Waals surface area (Å²) in [7, 11) is -4.17. The number of nitrogens with zero attached hydrogens (tertiary/aromatic N) is 2. The standard InChI is InChI=1S/C16H21F3N2O3S/c17-13-1-2-14(16(19)15(13)18)25(22,23)21-5-3-12(4-6-21)11-20-7-9-24-10-8-20/h1-2,12H,3-11H2. The zero-order chi connectivity index (χ0) is 18.0. The number of piperidine rings is 1. The van der Waals surface area contributed by atoms with Gasteiger partial charge in [0.1, 0.15) is 4.90 Å². The van der Waals surface area contributed by atoms with Crippen LogP contribution in [0, 0.1) is 23.4 Å². The van der Waals surface area contributed by atoms with E-state index in [-0.39, 0.29) is 13.1 Å². The Labute approximate surface area is 145 Å². The number of sulfonamides is 1. The summed E-state index contributed by atoms with van der Waals surface area (Å²) in [6, 6.07) is 1.42. The van der Waals surface area contributed by atoms with Crippen molar-refractivity contribution >= 4 is 10.0 Å². The van der Waals surface area contributed by atoms with E-state index in [1.54, 1.807) is 0 Å². The third-order valence-electron chi connectivity index (χ3n) is 4.81. The molecular weight excluding hydrogens is 357 g/mol. The van der Waals surface area contributed by atoms with Crippen molar-refractivity contribution in [2.24, 2.45) is 5.92 Å². The second kappa shape index (κ2) is 7.61. The summed E-state index contributed by atoms with van der Waals surface area (Å²) in [6.45, 7) is 4.55. The van der Waals surface area contributed by atoms with Gasteiger partial charge >= 0.3 is 0 Å². The van der Waals surface area contributed by atoms with Crippen LogP contribution in [0.3, 0.4) is 0 Å². The van der Waals surface area contributed by atoms with Crippen LogP contribution in [0.2, 0.25) is 0 Å². The van der Waals surface area contributed by atoms with Crippen molar-refractivity contribution in [3.05, 3.63) is 29.6 Å². The van der Waals surface area contributed by atoms with E-state index in [4.69, 9.17) is 4.74 Å². The maximum absolute atomic E-state index is 13.9. The minimum absolute atomic E-state index is 0.246. The van der Waals surface area contributed by atoms with Crippen LogP contribution in [-0.2, 0) is 14.8 Å². The first-order valence-electron chi connectivity index (χ1n) is 8.33. The van der Waals surface area contributed by atoms with Crippen molar-refractivity contribution in [3.63, 3.8) is 0 Å². The third-order valence-corrected chi connectivity index (χ3v) is 6.73. The second-order valence-electron chi connectivity index (χ2n) is 6.43. The van der Waals surface area contributed by atoms with Gasteiger partial charge in [0, 0.05) is 32.7 Å². The summed E-state index contributed by atoms with van der Waals surface area (Å²) in [4.78, 5) is 1.49. The van der Waals surface area contributed by atoms with Gasteiger partial charge in [-0.3, -0.25) is 4.90 Å². The number of rotatable bonds is 4. The Hall–Kier alpha value is -1.16. The van der Waals surface area contributed by atoms with E-state index in [9.17, 15) is 21.6 Å². The molecule has 2 aliphatic rings. The van der Waals surface area contributed by atoms with Gasteiger partial charge in [-0.1, -0.05) is 0 Å². The highest BCUT2D eigenvalue weighted by Crippen LogP contribution is 2.27. The Balaban J connectivity index is 1.64. The molecule has 0 aliphatic carbocycles. The maximum atomic E-state index is 13.9. The third kappa shape index (κ3) is 3.99. The lowest BCUT2D eigenvalue weighted by molar-refractivity contribution is 0.0269. The normalized spacial score (nSPS) is 21.6. The van der Waals surface area contributed by atoms with Crippen LogP contribution in [0.5, 0.6) is 0 Å². The molecule has 2 saturated heterocycles. The monoisotopic (exact) mass is 378 g/mol. The van der Waals surface area contributed by atoms with Crippen LogP contribution in [0.15, 0.2) is 17.0 Å². The van der Waals surface area contributed by atoms with Gasteiger partial charge in [-0.2, -0.15) is 4.31 Å². The quantitative estimate of drug-likeness (QED) is 0.751. The number of benzene rings is 1. The van der Waals surface area contributed by atoms with Crippen molar-refractivity contribution < 1.29 is 26.3 Å². The first-order valence-corrected chi connectivity index (χ1v) is 9.77. The van der Waals surface area contributed by atoms with E-state index < -0.39 is 32.4 Å². The lowest BCUT2D eigenvalue weighted by Gasteiger charge is -2.35. The molecule has 140 valence electrons. The Morgan fingerprint density at radius 1 is 1.00 bits per heavy atom. The zero-order valence-electron chi connectivity index (χ0n) is 13.8. The van der Waals surface area contributed by atoms with E-state index in [1.165, 1.54) is 0 Å². The summed E-state index contributed by atoms with van der Waals surface area (Å²) < 4.78 is 71.8. The molecule has 0 unspecified atom stereocenters. The predicted molar refractivity (Wildman–Crippen MR) is 85.1 cm³/mol. The van der Waals surface area contributed by atoms with E-state index in [0.717, 1.165) is 30.0 Å². The molecule has 0 amide bonds. The van der Waals surface area contributed by atoms with E-state index in [0.29, 0.717) is 38.0 Å². The van der Waals surface area contributed by atoms with Crippen molar-refractivity contribution in [3.8, 4) is 0 Å². The van der Waals surface area contributed by atoms with E-state index in [2.05, 4.69) is 4.90 Å². The summed E-state index contributed by atoms with van der Waals surface area (Å²) in [6.07, 6.45) is 1.31. The molecule has 0 aromatic heterocycles. The number of hydrogen-bond donors (Lipinski definition) is 0. The van der Waals surface area contributed by atoms with Gasteiger partial charge in [-0.05, 0) is 30.9 Å². The maximum Gasteiger partial charge on any atom is 0.246 e. The number of ether oxygens (including phenoxy) is 1. The van der Waals surface area contributed by atoms with Gasteiger partial charge in [-0.15, -0.1) is 0 Å². The zero-order valence-corrected chi connectivity index (χ0v) is 14.6. The Morgan fingerprint density at radius 3 is 2.28 bits per heavy atom. The minimum atomic E-state index is -4.17. The fourth-order valence-electron chi connectivity index (χ4n) is 3.33. The van der Waals surface area contributed by atoms with Crippen LogP contribution in [0.1, 0.15) is 12.8 Å². The molecule has 3 rings (SSSR count). The largest absolute Gasteiger partial charge is 0.379 e. The van der Waals surface area contributed by atoms with Crippen LogP contribution in [0.25, 0.3) is 0 Å². The number of halogens is 3. The number of morpholine rings is 1. The molecule has 2 heterocycles. The molecule has 5 nitrogen and oxygen atoms in total. The van der Waals surface area contributed by atoms with Gasteiger partial charge < -0.3 is 4.74 Å². The van der Waals surface area contributed by atoms with Gasteiger partial charge in [0.25, 0.3) is 0 Å². The molecule has 2 aliphatic heterocycles. The molecule has 1 aromatic rings. The predicted octanol–water partition coefficient (Wildman–Crippen LogP) is 1.84. The van der Waals surface area contributed by atoms with Gasteiger partial charge in [-0.25, -0.2) is 21.6 Å². The van der Waals surface area contributed by atoms with E-state index in [1.807, 2.05) is 0 Å². The Morgan fingerprint density at radius 2 is 1.64 bits per heavy atom. The fraction of sp³-hybridized carbons (Fsp3) is 0.625. The fourth-order valence-corrected chi connectivity index (χ4v) is 4.85. The van der Waals surface area contributed by atoms with E-state index >= 15 is 0 Å². The summed E-state index contributed by atoms with van der Waals surface area (Å²) in [5.41, 5.74) is 0. The summed E-state index contributed by atoms with van der Waals surface area (Å²) >= 11 is 0. The molecular formula is C16H21F3N2O3S. The summed E-state index contributed by atoms with van der Waals surface area (Å²) in [5, 5.41) is 0. The second-order valence-corrected chi connectivity index (χ2v) is 8.34. The number of hydrogen-bond acceptors (Lipinski definition) is 4. The van der Waals surface area contributed by atoms with Crippen molar-refractivity contribution in [2.75, 3.05) is 45.9 Å². The molecule has 1 aromatic carbocycles. The first-order chi connectivity index (χ1) is 11.9. The molecule has 25 heavy (non-hydrogen) atoms. The molecule has 0 N–H and O–H groups in total. The lowest BCUT2D eigenvalue weighted by Crippen LogP contribution is -2.44. The molecule has 9 heteroatoms. The molecule has 0 bridgehead atoms. The van der Waals surface area contributed by atoms with Crippen LogP contribution in [-0.4, -0.2) is 63.6 Å². The molecule has 0 atom stereocenters. The average molecular weight is 378 g/mol. The van der Waals surface area contributed by atoms with Gasteiger partial charge in [0.15, 0.2) is 17.5 Å². The highest BCUT2D eigenvalue weighted by atomic mass is 32.2. The van der Waals surface area contributed by atoms with Crippen LogP contribution in [0.4, 0.5) is 13.2 Å². The molecule has 0 saturated carbocycles. The highest BCUT2D eigenvalue weighted by molar-refractivity contribution is 7.89. The van der Waals surface area contributed by atoms with Gasteiger partial charge in [0.2, 0.25) is 10.0 Å². The lowest BCUT2D eigenvalue weighted by atomic mass is 9.97. The molecule has 0 radical (unpaired) electrons. The molecule has 0 spiro atoms. The summed E-state index contributed by atoms with van der Waals surface area (Å²) in [5.74, 6) is -4.46.